The number of hydrogen-bond donors (Lipinski definition) is 0. The fourth-order valence-electron chi connectivity index (χ4n) is 2.81. The summed E-state index contributed by atoms with van der Waals surface area (Å²) in [6.07, 6.45) is 7.04. The van der Waals surface area contributed by atoms with Crippen molar-refractivity contribution in [2.75, 3.05) is 0 Å². The smallest absolute Gasteiger partial charge is 0.346 e. The van der Waals surface area contributed by atoms with Crippen LogP contribution in [0.3, 0.4) is 0 Å². The molecule has 24 heavy (non-hydrogen) atoms. The summed E-state index contributed by atoms with van der Waals surface area (Å²) in [5.41, 5.74) is 0.598. The standard InChI is InChI=1S/C19H24O5/c1-3-5-6-7-9-14(8-4-2)23-17(20)13-10-11-15-16(12-13)19(22)24-18(15)21/h10-12,14H,3-9H2,1-2H3. The maximum Gasteiger partial charge on any atom is 0.346 e. The molecule has 0 fully saturated rings. The van der Waals surface area contributed by atoms with E-state index in [1.807, 2.05) is 0 Å². The molecule has 5 nitrogen and oxygen atoms in total. The van der Waals surface area contributed by atoms with Crippen LogP contribution in [-0.2, 0) is 9.47 Å². The molecule has 1 aromatic rings. The molecular weight excluding hydrogens is 308 g/mol. The van der Waals surface area contributed by atoms with Crippen molar-refractivity contribution in [3.63, 3.8) is 0 Å². The zero-order chi connectivity index (χ0) is 17.5. The summed E-state index contributed by atoms with van der Waals surface area (Å²) in [6.45, 7) is 4.22. The normalized spacial score (nSPS) is 14.2. The molecule has 0 saturated heterocycles. The molecule has 1 heterocycles. The maximum atomic E-state index is 12.3. The summed E-state index contributed by atoms with van der Waals surface area (Å²) in [5.74, 6) is -1.84. The van der Waals surface area contributed by atoms with Crippen molar-refractivity contribution in [3.05, 3.63) is 34.9 Å². The van der Waals surface area contributed by atoms with Gasteiger partial charge in [-0.1, -0.05) is 39.5 Å². The highest BCUT2D eigenvalue weighted by atomic mass is 16.6. The number of hydrogen-bond acceptors (Lipinski definition) is 5. The van der Waals surface area contributed by atoms with Crippen LogP contribution in [0.5, 0.6) is 0 Å². The van der Waals surface area contributed by atoms with E-state index in [2.05, 4.69) is 18.6 Å². The molecule has 0 radical (unpaired) electrons. The lowest BCUT2D eigenvalue weighted by molar-refractivity contribution is 0.0253. The van der Waals surface area contributed by atoms with Crippen molar-refractivity contribution >= 4 is 17.9 Å². The van der Waals surface area contributed by atoms with Gasteiger partial charge in [-0.15, -0.1) is 0 Å². The van der Waals surface area contributed by atoms with Gasteiger partial charge in [0.05, 0.1) is 16.7 Å². The first-order valence-corrected chi connectivity index (χ1v) is 8.68. The molecule has 1 unspecified atom stereocenters. The summed E-state index contributed by atoms with van der Waals surface area (Å²) in [7, 11) is 0. The highest BCUT2D eigenvalue weighted by molar-refractivity contribution is 6.15. The molecule has 0 spiro atoms. The van der Waals surface area contributed by atoms with Crippen LogP contribution in [0.25, 0.3) is 0 Å². The number of ether oxygens (including phenoxy) is 2. The average molecular weight is 332 g/mol. The Balaban J connectivity index is 2.00. The third-order valence-electron chi connectivity index (χ3n) is 4.14. The molecule has 5 heteroatoms. The highest BCUT2D eigenvalue weighted by Crippen LogP contribution is 2.22. The van der Waals surface area contributed by atoms with Crippen LogP contribution in [0.2, 0.25) is 0 Å². The lowest BCUT2D eigenvalue weighted by Gasteiger charge is -2.17. The number of unbranched alkanes of at least 4 members (excludes halogenated alkanes) is 3. The summed E-state index contributed by atoms with van der Waals surface area (Å²) < 4.78 is 10.1. The lowest BCUT2D eigenvalue weighted by atomic mass is 10.0. The number of fused-ring (bicyclic) bond motifs is 1. The van der Waals surface area contributed by atoms with E-state index in [1.165, 1.54) is 31.0 Å². The quantitative estimate of drug-likeness (QED) is 0.383. The number of cyclic esters (lactones) is 2. The van der Waals surface area contributed by atoms with Crippen LogP contribution in [-0.4, -0.2) is 24.0 Å². The second-order valence-electron chi connectivity index (χ2n) is 6.10. The maximum absolute atomic E-state index is 12.3. The molecule has 1 aliphatic rings. The molecule has 0 aromatic heterocycles. The third-order valence-corrected chi connectivity index (χ3v) is 4.14. The predicted octanol–water partition coefficient (Wildman–Crippen LogP) is 4.29. The summed E-state index contributed by atoms with van der Waals surface area (Å²) in [5, 5.41) is 0. The Morgan fingerprint density at radius 1 is 1.00 bits per heavy atom. The van der Waals surface area contributed by atoms with Gasteiger partial charge in [-0.2, -0.15) is 0 Å². The Bertz CT molecular complexity index is 620. The van der Waals surface area contributed by atoms with Crippen LogP contribution in [0, 0.1) is 0 Å². The SMILES string of the molecule is CCCCCCC(CCC)OC(=O)c1ccc2c(c1)C(=O)OC2=O. The van der Waals surface area contributed by atoms with Crippen molar-refractivity contribution in [3.8, 4) is 0 Å². The minimum Gasteiger partial charge on any atom is -0.459 e. The fourth-order valence-corrected chi connectivity index (χ4v) is 2.81. The van der Waals surface area contributed by atoms with E-state index in [0.29, 0.717) is 0 Å². The van der Waals surface area contributed by atoms with Crippen LogP contribution in [0.15, 0.2) is 18.2 Å². The van der Waals surface area contributed by atoms with E-state index in [1.54, 1.807) is 0 Å². The second-order valence-corrected chi connectivity index (χ2v) is 6.10. The molecule has 0 N–H and O–H groups in total. The van der Waals surface area contributed by atoms with Gasteiger partial charge in [-0.3, -0.25) is 0 Å². The Morgan fingerprint density at radius 2 is 1.75 bits per heavy atom. The number of rotatable bonds is 9. The first-order valence-electron chi connectivity index (χ1n) is 8.68. The van der Waals surface area contributed by atoms with Gasteiger partial charge >= 0.3 is 17.9 Å². The van der Waals surface area contributed by atoms with Crippen molar-refractivity contribution in [1.29, 1.82) is 0 Å². The number of esters is 3. The van der Waals surface area contributed by atoms with Gasteiger partial charge in [0.15, 0.2) is 0 Å². The van der Waals surface area contributed by atoms with Gasteiger partial charge in [0.1, 0.15) is 6.10 Å². The Hall–Kier alpha value is -2.17. The van der Waals surface area contributed by atoms with Crippen molar-refractivity contribution in [2.45, 2.75) is 64.9 Å². The van der Waals surface area contributed by atoms with Gasteiger partial charge in [0.25, 0.3) is 0 Å². The first kappa shape index (κ1) is 18.2. The van der Waals surface area contributed by atoms with E-state index in [9.17, 15) is 14.4 Å². The van der Waals surface area contributed by atoms with Crippen LogP contribution < -0.4 is 0 Å². The lowest BCUT2D eigenvalue weighted by Crippen LogP contribution is -2.18. The van der Waals surface area contributed by atoms with Gasteiger partial charge in [0, 0.05) is 0 Å². The van der Waals surface area contributed by atoms with Gasteiger partial charge in [0.2, 0.25) is 0 Å². The highest BCUT2D eigenvalue weighted by Gasteiger charge is 2.30. The molecular formula is C19H24O5. The minimum atomic E-state index is -0.714. The molecule has 130 valence electrons. The monoisotopic (exact) mass is 332 g/mol. The van der Waals surface area contributed by atoms with Gasteiger partial charge in [-0.25, -0.2) is 14.4 Å². The van der Waals surface area contributed by atoms with E-state index >= 15 is 0 Å². The molecule has 1 aromatic carbocycles. The topological polar surface area (TPSA) is 69.7 Å². The fraction of sp³-hybridized carbons (Fsp3) is 0.526. The minimum absolute atomic E-state index is 0.110. The Labute approximate surface area is 142 Å². The molecule has 1 aliphatic heterocycles. The first-order chi connectivity index (χ1) is 11.6. The van der Waals surface area contributed by atoms with Crippen LogP contribution >= 0.6 is 0 Å². The largest absolute Gasteiger partial charge is 0.459 e. The third kappa shape index (κ3) is 4.43. The van der Waals surface area contributed by atoms with Gasteiger partial charge in [-0.05, 0) is 37.5 Å². The molecule has 0 bridgehead atoms. The molecule has 2 rings (SSSR count). The van der Waals surface area contributed by atoms with E-state index in [4.69, 9.17) is 4.74 Å². The van der Waals surface area contributed by atoms with Gasteiger partial charge < -0.3 is 9.47 Å². The summed E-state index contributed by atoms with van der Waals surface area (Å²) >= 11 is 0. The van der Waals surface area contributed by atoms with Crippen molar-refractivity contribution < 1.29 is 23.9 Å². The zero-order valence-corrected chi connectivity index (χ0v) is 14.3. The average Bonchev–Trinajstić information content (AvgIpc) is 2.85. The Morgan fingerprint density at radius 3 is 2.46 bits per heavy atom. The van der Waals surface area contributed by atoms with E-state index < -0.39 is 17.9 Å². The summed E-state index contributed by atoms with van der Waals surface area (Å²) in [6, 6.07) is 4.32. The van der Waals surface area contributed by atoms with Crippen LogP contribution in [0.4, 0.5) is 0 Å². The van der Waals surface area contributed by atoms with E-state index in [-0.39, 0.29) is 22.8 Å². The predicted molar refractivity (Wildman–Crippen MR) is 89.1 cm³/mol. The molecule has 0 aliphatic carbocycles. The van der Waals surface area contributed by atoms with Crippen molar-refractivity contribution in [1.82, 2.24) is 0 Å². The number of benzene rings is 1. The molecule has 0 saturated carbocycles. The molecule has 0 amide bonds. The van der Waals surface area contributed by atoms with Crippen LogP contribution in [0.1, 0.15) is 89.9 Å². The van der Waals surface area contributed by atoms with E-state index in [0.717, 1.165) is 32.1 Å². The molecule has 1 atom stereocenters. The second kappa shape index (κ2) is 8.62. The summed E-state index contributed by atoms with van der Waals surface area (Å²) in [4.78, 5) is 35.4. The Kier molecular flexibility index (Phi) is 6.53. The number of carbonyl (C=O) groups is 3. The van der Waals surface area contributed by atoms with Crippen molar-refractivity contribution in [2.24, 2.45) is 0 Å². The zero-order valence-electron chi connectivity index (χ0n) is 14.3. The number of carbonyl (C=O) groups excluding carboxylic acids is 3.